The minimum atomic E-state index is -0.674. The van der Waals surface area contributed by atoms with Crippen LogP contribution in [0.15, 0.2) is 42.5 Å². The zero-order valence-electron chi connectivity index (χ0n) is 11.0. The zero-order valence-corrected chi connectivity index (χ0v) is 11.0. The molecule has 2 rings (SSSR count). The maximum Gasteiger partial charge on any atom is 0.152 e. The average Bonchev–Trinajstić information content (AvgIpc) is 2.39. The molecular weight excluding hydrogens is 222 g/mol. The van der Waals surface area contributed by atoms with Crippen molar-refractivity contribution in [3.63, 3.8) is 0 Å². The second kappa shape index (κ2) is 4.96. The van der Waals surface area contributed by atoms with Crippen molar-refractivity contribution in [1.82, 2.24) is 0 Å². The Labute approximate surface area is 109 Å². The molecule has 1 saturated heterocycles. The Balaban J connectivity index is 2.32. The first-order valence-corrected chi connectivity index (χ1v) is 6.35. The molecule has 0 bridgehead atoms. The summed E-state index contributed by atoms with van der Waals surface area (Å²) in [5.41, 5.74) is 1.59. The van der Waals surface area contributed by atoms with Gasteiger partial charge in [-0.05, 0) is 32.3 Å². The standard InChI is InChI=1S/C16H19NO/c1-12(2)14-9-10-16(3,11-17)18-15(14)13-7-5-4-6-8-13/h4-8,14-15H,1,9-10H2,2-3H3/t14-,15-,16-/m0/s1. The number of hydrogen-bond acceptors (Lipinski definition) is 2. The van der Waals surface area contributed by atoms with Crippen molar-refractivity contribution >= 4 is 0 Å². The third kappa shape index (κ3) is 2.47. The van der Waals surface area contributed by atoms with Crippen LogP contribution in [-0.4, -0.2) is 5.60 Å². The molecule has 0 radical (unpaired) electrons. The Kier molecular flexibility index (Phi) is 3.54. The lowest BCUT2D eigenvalue weighted by molar-refractivity contribution is -0.108. The van der Waals surface area contributed by atoms with Gasteiger partial charge in [0.2, 0.25) is 0 Å². The fourth-order valence-electron chi connectivity index (χ4n) is 2.53. The summed E-state index contributed by atoms with van der Waals surface area (Å²) >= 11 is 0. The van der Waals surface area contributed by atoms with Crippen molar-refractivity contribution in [2.75, 3.05) is 0 Å². The summed E-state index contributed by atoms with van der Waals surface area (Å²) in [6.07, 6.45) is 1.67. The lowest BCUT2D eigenvalue weighted by atomic mass is 9.80. The van der Waals surface area contributed by atoms with Gasteiger partial charge in [-0.15, -0.1) is 0 Å². The second-order valence-electron chi connectivity index (χ2n) is 5.28. The molecule has 1 aliphatic rings. The van der Waals surface area contributed by atoms with E-state index in [1.165, 1.54) is 0 Å². The largest absolute Gasteiger partial charge is 0.352 e. The third-order valence-electron chi connectivity index (χ3n) is 3.68. The van der Waals surface area contributed by atoms with E-state index in [0.29, 0.717) is 5.92 Å². The van der Waals surface area contributed by atoms with E-state index in [-0.39, 0.29) is 6.10 Å². The van der Waals surface area contributed by atoms with E-state index in [9.17, 15) is 5.26 Å². The monoisotopic (exact) mass is 241 g/mol. The van der Waals surface area contributed by atoms with Crippen LogP contribution in [0.5, 0.6) is 0 Å². The zero-order chi connectivity index (χ0) is 13.2. The van der Waals surface area contributed by atoms with Crippen LogP contribution in [0.25, 0.3) is 0 Å². The summed E-state index contributed by atoms with van der Waals surface area (Å²) in [5, 5.41) is 9.24. The van der Waals surface area contributed by atoms with E-state index < -0.39 is 5.60 Å². The molecule has 0 amide bonds. The molecule has 1 heterocycles. The summed E-state index contributed by atoms with van der Waals surface area (Å²) < 4.78 is 6.06. The molecule has 3 atom stereocenters. The predicted molar refractivity (Wildman–Crippen MR) is 71.8 cm³/mol. The Morgan fingerprint density at radius 3 is 2.67 bits per heavy atom. The van der Waals surface area contributed by atoms with E-state index in [2.05, 4.69) is 24.8 Å². The maximum atomic E-state index is 9.24. The number of rotatable bonds is 2. The summed E-state index contributed by atoms with van der Waals surface area (Å²) in [5.74, 6) is 0.300. The maximum absolute atomic E-state index is 9.24. The highest BCUT2D eigenvalue weighted by Gasteiger charge is 2.39. The summed E-state index contributed by atoms with van der Waals surface area (Å²) in [6.45, 7) is 7.98. The third-order valence-corrected chi connectivity index (χ3v) is 3.68. The summed E-state index contributed by atoms with van der Waals surface area (Å²) in [7, 11) is 0. The van der Waals surface area contributed by atoms with Gasteiger partial charge in [0.15, 0.2) is 5.60 Å². The molecule has 94 valence electrons. The van der Waals surface area contributed by atoms with Gasteiger partial charge in [0.1, 0.15) is 0 Å². The van der Waals surface area contributed by atoms with Gasteiger partial charge in [0, 0.05) is 5.92 Å². The molecule has 0 N–H and O–H groups in total. The normalized spacial score (nSPS) is 31.6. The minimum Gasteiger partial charge on any atom is -0.352 e. The van der Waals surface area contributed by atoms with Crippen LogP contribution in [0.1, 0.15) is 38.4 Å². The fraction of sp³-hybridized carbons (Fsp3) is 0.438. The smallest absolute Gasteiger partial charge is 0.152 e. The number of nitriles is 1. The molecule has 1 fully saturated rings. The highest BCUT2D eigenvalue weighted by Crippen LogP contribution is 2.43. The van der Waals surface area contributed by atoms with Crippen molar-refractivity contribution < 1.29 is 4.74 Å². The van der Waals surface area contributed by atoms with Crippen molar-refractivity contribution in [2.24, 2.45) is 5.92 Å². The van der Waals surface area contributed by atoms with Crippen LogP contribution in [0.4, 0.5) is 0 Å². The molecule has 2 heteroatoms. The molecule has 0 spiro atoms. The minimum absolute atomic E-state index is 0.0536. The van der Waals surface area contributed by atoms with Crippen molar-refractivity contribution in [3.05, 3.63) is 48.0 Å². The Morgan fingerprint density at radius 1 is 1.44 bits per heavy atom. The molecule has 0 aromatic heterocycles. The highest BCUT2D eigenvalue weighted by atomic mass is 16.5. The quantitative estimate of drug-likeness (QED) is 0.733. The number of nitrogens with zero attached hydrogens (tertiary/aromatic N) is 1. The van der Waals surface area contributed by atoms with Gasteiger partial charge >= 0.3 is 0 Å². The first kappa shape index (κ1) is 12.9. The van der Waals surface area contributed by atoms with Crippen molar-refractivity contribution in [2.45, 2.75) is 38.4 Å². The molecule has 18 heavy (non-hydrogen) atoms. The van der Waals surface area contributed by atoms with E-state index in [4.69, 9.17) is 4.74 Å². The van der Waals surface area contributed by atoms with Gasteiger partial charge in [0.25, 0.3) is 0 Å². The molecule has 1 aromatic carbocycles. The molecular formula is C16H19NO. The number of hydrogen-bond donors (Lipinski definition) is 0. The Hall–Kier alpha value is -1.59. The predicted octanol–water partition coefficient (Wildman–Crippen LogP) is 4.01. The number of ether oxygens (including phenoxy) is 1. The van der Waals surface area contributed by atoms with Crippen LogP contribution in [-0.2, 0) is 4.74 Å². The Morgan fingerprint density at radius 2 is 2.11 bits per heavy atom. The van der Waals surface area contributed by atoms with Gasteiger partial charge < -0.3 is 4.74 Å². The average molecular weight is 241 g/mol. The first-order chi connectivity index (χ1) is 8.56. The van der Waals surface area contributed by atoms with Crippen LogP contribution in [0.2, 0.25) is 0 Å². The van der Waals surface area contributed by atoms with Gasteiger partial charge in [0.05, 0.1) is 12.2 Å². The van der Waals surface area contributed by atoms with Crippen LogP contribution >= 0.6 is 0 Å². The highest BCUT2D eigenvalue weighted by molar-refractivity contribution is 5.23. The number of benzene rings is 1. The van der Waals surface area contributed by atoms with E-state index >= 15 is 0 Å². The van der Waals surface area contributed by atoms with Crippen molar-refractivity contribution in [1.29, 1.82) is 5.26 Å². The molecule has 1 aliphatic heterocycles. The molecule has 0 unspecified atom stereocenters. The molecule has 0 saturated carbocycles. The van der Waals surface area contributed by atoms with Gasteiger partial charge in [-0.3, -0.25) is 0 Å². The van der Waals surface area contributed by atoms with Gasteiger partial charge in [-0.25, -0.2) is 0 Å². The van der Waals surface area contributed by atoms with Gasteiger partial charge in [-0.1, -0.05) is 42.5 Å². The second-order valence-corrected chi connectivity index (χ2v) is 5.28. The van der Waals surface area contributed by atoms with E-state index in [1.807, 2.05) is 32.0 Å². The van der Waals surface area contributed by atoms with E-state index in [0.717, 1.165) is 24.0 Å². The summed E-state index contributed by atoms with van der Waals surface area (Å²) in [6, 6.07) is 12.4. The van der Waals surface area contributed by atoms with Crippen LogP contribution in [0.3, 0.4) is 0 Å². The summed E-state index contributed by atoms with van der Waals surface area (Å²) in [4.78, 5) is 0. The molecule has 0 aliphatic carbocycles. The van der Waals surface area contributed by atoms with Crippen LogP contribution in [0, 0.1) is 17.2 Å². The molecule has 2 nitrogen and oxygen atoms in total. The fourth-order valence-corrected chi connectivity index (χ4v) is 2.53. The first-order valence-electron chi connectivity index (χ1n) is 6.35. The topological polar surface area (TPSA) is 33.0 Å². The molecule has 1 aromatic rings. The SMILES string of the molecule is C=C(C)[C@@H]1CC[C@@](C)(C#N)O[C@H]1c1ccccc1. The van der Waals surface area contributed by atoms with E-state index in [1.54, 1.807) is 0 Å². The lowest BCUT2D eigenvalue weighted by Crippen LogP contribution is -2.37. The van der Waals surface area contributed by atoms with Crippen molar-refractivity contribution in [3.8, 4) is 6.07 Å². The van der Waals surface area contributed by atoms with Gasteiger partial charge in [-0.2, -0.15) is 5.26 Å². The Bertz CT molecular complexity index is 474. The lowest BCUT2D eigenvalue weighted by Gasteiger charge is -2.40. The van der Waals surface area contributed by atoms with Crippen LogP contribution < -0.4 is 0 Å².